The van der Waals surface area contributed by atoms with Gasteiger partial charge in [0, 0.05) is 30.5 Å². The first-order valence-electron chi connectivity index (χ1n) is 8.79. The van der Waals surface area contributed by atoms with Crippen LogP contribution in [0.3, 0.4) is 0 Å². The van der Waals surface area contributed by atoms with Crippen molar-refractivity contribution in [1.82, 2.24) is 15.4 Å². The lowest BCUT2D eigenvalue weighted by Crippen LogP contribution is -2.21. The van der Waals surface area contributed by atoms with Crippen LogP contribution in [-0.2, 0) is 0 Å². The Kier molecular flexibility index (Phi) is 5.65. The molecule has 1 aromatic carbocycles. The average molecular weight is 366 g/mol. The highest BCUT2D eigenvalue weighted by molar-refractivity contribution is 6.02. The molecule has 0 aliphatic carbocycles. The highest BCUT2D eigenvalue weighted by Gasteiger charge is 2.11. The normalized spacial score (nSPS) is 10.5. The Hall–Kier alpha value is -3.42. The number of carbonyl (C=O) groups excluding carboxylic acids is 1. The number of rotatable bonds is 7. The maximum Gasteiger partial charge on any atom is 0.277 e. The Bertz CT molecular complexity index is 885. The molecule has 27 heavy (non-hydrogen) atoms. The predicted octanol–water partition coefficient (Wildman–Crippen LogP) is 3.62. The smallest absolute Gasteiger partial charge is 0.277 e. The van der Waals surface area contributed by atoms with Gasteiger partial charge >= 0.3 is 0 Å². The number of hydrogen-bond donors (Lipinski definition) is 2. The fourth-order valence-electron chi connectivity index (χ4n) is 2.62. The number of anilines is 4. The van der Waals surface area contributed by atoms with E-state index in [2.05, 4.69) is 56.9 Å². The lowest BCUT2D eigenvalue weighted by molar-refractivity contribution is 0.102. The number of aryl methyl sites for hydroxylation is 1. The standard InChI is InChI=1S/C19H22N6O2/c1-4-25(5-2)15-8-6-14(7-9-15)20-17-11-10-16(22-23-17)19(26)21-18-12-13(3)27-24-18/h6-12H,4-5H2,1-3H3,(H,20,23)(H,21,24,26). The van der Waals surface area contributed by atoms with Crippen molar-refractivity contribution in [3.8, 4) is 0 Å². The summed E-state index contributed by atoms with van der Waals surface area (Å²) in [6.45, 7) is 7.94. The van der Waals surface area contributed by atoms with E-state index >= 15 is 0 Å². The van der Waals surface area contributed by atoms with Crippen molar-refractivity contribution in [3.05, 3.63) is 53.9 Å². The van der Waals surface area contributed by atoms with Crippen molar-refractivity contribution in [1.29, 1.82) is 0 Å². The highest BCUT2D eigenvalue weighted by atomic mass is 16.5. The minimum Gasteiger partial charge on any atom is -0.372 e. The van der Waals surface area contributed by atoms with Crippen LogP contribution in [0.15, 0.2) is 47.0 Å². The summed E-state index contributed by atoms with van der Waals surface area (Å²) in [7, 11) is 0. The first-order chi connectivity index (χ1) is 13.1. The third kappa shape index (κ3) is 4.60. The van der Waals surface area contributed by atoms with Crippen molar-refractivity contribution in [2.75, 3.05) is 28.6 Å². The lowest BCUT2D eigenvalue weighted by Gasteiger charge is -2.21. The molecule has 0 bridgehead atoms. The van der Waals surface area contributed by atoms with Crippen LogP contribution in [0.5, 0.6) is 0 Å². The average Bonchev–Trinajstić information content (AvgIpc) is 3.09. The number of nitrogens with zero attached hydrogens (tertiary/aromatic N) is 4. The molecule has 2 heterocycles. The van der Waals surface area contributed by atoms with Crippen LogP contribution in [0.4, 0.5) is 23.0 Å². The van der Waals surface area contributed by atoms with Crippen LogP contribution in [0.25, 0.3) is 0 Å². The monoisotopic (exact) mass is 366 g/mol. The maximum atomic E-state index is 12.1. The first-order valence-corrected chi connectivity index (χ1v) is 8.79. The van der Waals surface area contributed by atoms with E-state index in [4.69, 9.17) is 4.52 Å². The molecule has 0 fully saturated rings. The minimum absolute atomic E-state index is 0.193. The van der Waals surface area contributed by atoms with Gasteiger partial charge in [-0.05, 0) is 57.2 Å². The van der Waals surface area contributed by atoms with Gasteiger partial charge in [0.2, 0.25) is 0 Å². The van der Waals surface area contributed by atoms with Gasteiger partial charge in [0.15, 0.2) is 17.3 Å². The van der Waals surface area contributed by atoms with E-state index in [1.807, 2.05) is 12.1 Å². The molecule has 8 heteroatoms. The van der Waals surface area contributed by atoms with Gasteiger partial charge in [0.05, 0.1) is 0 Å². The molecule has 0 unspecified atom stereocenters. The minimum atomic E-state index is -0.397. The molecular weight excluding hydrogens is 344 g/mol. The summed E-state index contributed by atoms with van der Waals surface area (Å²) >= 11 is 0. The van der Waals surface area contributed by atoms with Gasteiger partial charge in [0.25, 0.3) is 5.91 Å². The lowest BCUT2D eigenvalue weighted by atomic mass is 10.2. The van der Waals surface area contributed by atoms with Crippen LogP contribution in [0.2, 0.25) is 0 Å². The zero-order chi connectivity index (χ0) is 19.2. The van der Waals surface area contributed by atoms with Crippen LogP contribution >= 0.6 is 0 Å². The van der Waals surface area contributed by atoms with Gasteiger partial charge < -0.3 is 20.1 Å². The number of benzene rings is 1. The molecule has 0 saturated heterocycles. The number of nitrogens with one attached hydrogen (secondary N) is 2. The number of hydrogen-bond acceptors (Lipinski definition) is 7. The molecular formula is C19H22N6O2. The molecule has 3 rings (SSSR count). The molecule has 2 aromatic heterocycles. The molecule has 0 saturated carbocycles. The van der Waals surface area contributed by atoms with E-state index < -0.39 is 5.91 Å². The summed E-state index contributed by atoms with van der Waals surface area (Å²) < 4.78 is 4.91. The number of amides is 1. The fraction of sp³-hybridized carbons (Fsp3) is 0.263. The first kappa shape index (κ1) is 18.4. The van der Waals surface area contributed by atoms with Crippen LogP contribution in [0.1, 0.15) is 30.1 Å². The Morgan fingerprint density at radius 3 is 2.33 bits per heavy atom. The molecule has 0 aliphatic heterocycles. The van der Waals surface area contributed by atoms with Crippen molar-refractivity contribution in [3.63, 3.8) is 0 Å². The van der Waals surface area contributed by atoms with Gasteiger partial charge in [0.1, 0.15) is 5.76 Å². The van der Waals surface area contributed by atoms with Crippen LogP contribution < -0.4 is 15.5 Å². The van der Waals surface area contributed by atoms with E-state index in [0.29, 0.717) is 17.4 Å². The van der Waals surface area contributed by atoms with Gasteiger partial charge in [-0.3, -0.25) is 4.79 Å². The molecule has 2 N–H and O–H groups in total. The molecule has 0 atom stereocenters. The van der Waals surface area contributed by atoms with E-state index in [1.54, 1.807) is 25.1 Å². The summed E-state index contributed by atoms with van der Waals surface area (Å²) in [5, 5.41) is 17.5. The molecule has 140 valence electrons. The molecule has 1 amide bonds. The highest BCUT2D eigenvalue weighted by Crippen LogP contribution is 2.20. The third-order valence-corrected chi connectivity index (χ3v) is 4.04. The fourth-order valence-corrected chi connectivity index (χ4v) is 2.62. The second-order valence-corrected chi connectivity index (χ2v) is 5.92. The Balaban J connectivity index is 1.62. The zero-order valence-corrected chi connectivity index (χ0v) is 15.6. The molecule has 8 nitrogen and oxygen atoms in total. The summed E-state index contributed by atoms with van der Waals surface area (Å²) in [6, 6.07) is 13.0. The number of aromatic nitrogens is 3. The largest absolute Gasteiger partial charge is 0.372 e. The van der Waals surface area contributed by atoms with Crippen molar-refractivity contribution >= 4 is 28.9 Å². The number of carbonyl (C=O) groups is 1. The topological polar surface area (TPSA) is 96.2 Å². The van der Waals surface area contributed by atoms with E-state index in [-0.39, 0.29) is 5.69 Å². The van der Waals surface area contributed by atoms with Gasteiger partial charge in [-0.1, -0.05) is 5.16 Å². The molecule has 0 spiro atoms. The third-order valence-electron chi connectivity index (χ3n) is 4.04. The van der Waals surface area contributed by atoms with E-state index in [0.717, 1.165) is 18.8 Å². The second-order valence-electron chi connectivity index (χ2n) is 5.92. The quantitative estimate of drug-likeness (QED) is 0.659. The van der Waals surface area contributed by atoms with E-state index in [9.17, 15) is 4.79 Å². The maximum absolute atomic E-state index is 12.1. The van der Waals surface area contributed by atoms with Crippen molar-refractivity contribution < 1.29 is 9.32 Å². The summed E-state index contributed by atoms with van der Waals surface area (Å²) in [5.41, 5.74) is 2.26. The Labute approximate surface area is 157 Å². The SMILES string of the molecule is CCN(CC)c1ccc(Nc2ccc(C(=O)Nc3cc(C)on3)nn2)cc1. The van der Waals surface area contributed by atoms with Crippen LogP contribution in [-0.4, -0.2) is 34.4 Å². The van der Waals surface area contributed by atoms with Crippen molar-refractivity contribution in [2.24, 2.45) is 0 Å². The Morgan fingerprint density at radius 1 is 1.04 bits per heavy atom. The summed E-state index contributed by atoms with van der Waals surface area (Å²) in [6.07, 6.45) is 0. The van der Waals surface area contributed by atoms with E-state index in [1.165, 1.54) is 5.69 Å². The molecule has 0 radical (unpaired) electrons. The summed E-state index contributed by atoms with van der Waals surface area (Å²) in [4.78, 5) is 14.4. The zero-order valence-electron chi connectivity index (χ0n) is 15.6. The predicted molar refractivity (Wildman–Crippen MR) is 105 cm³/mol. The summed E-state index contributed by atoms with van der Waals surface area (Å²) in [5.74, 6) is 1.11. The molecule has 3 aromatic rings. The Morgan fingerprint density at radius 2 is 1.78 bits per heavy atom. The van der Waals surface area contributed by atoms with Crippen LogP contribution in [0, 0.1) is 6.92 Å². The van der Waals surface area contributed by atoms with Gasteiger partial charge in [-0.15, -0.1) is 10.2 Å². The molecule has 0 aliphatic rings. The second kappa shape index (κ2) is 8.31. The van der Waals surface area contributed by atoms with Gasteiger partial charge in [-0.25, -0.2) is 0 Å². The van der Waals surface area contributed by atoms with Gasteiger partial charge in [-0.2, -0.15) is 0 Å². The van der Waals surface area contributed by atoms with Crippen molar-refractivity contribution in [2.45, 2.75) is 20.8 Å².